The fourth-order valence-electron chi connectivity index (χ4n) is 2.64. The molecular weight excluding hydrogens is 392 g/mol. The van der Waals surface area contributed by atoms with E-state index >= 15 is 0 Å². The van der Waals surface area contributed by atoms with Gasteiger partial charge in [-0.1, -0.05) is 67.5 Å². The molecule has 0 atom stereocenters. The zero-order valence-corrected chi connectivity index (χ0v) is 17.5. The van der Waals surface area contributed by atoms with Gasteiger partial charge in [0.05, 0.1) is 5.75 Å². The zero-order valence-electron chi connectivity index (χ0n) is 15.9. The van der Waals surface area contributed by atoms with Crippen molar-refractivity contribution in [2.24, 2.45) is 5.92 Å². The number of carbonyl (C=O) groups is 1. The van der Waals surface area contributed by atoms with Gasteiger partial charge in [-0.15, -0.1) is 10.2 Å². The van der Waals surface area contributed by atoms with Crippen molar-refractivity contribution in [3.8, 4) is 5.69 Å². The van der Waals surface area contributed by atoms with E-state index in [4.69, 9.17) is 11.6 Å². The largest absolute Gasteiger partial charge is 0.355 e. The smallest absolute Gasteiger partial charge is 0.230 e. The Balaban J connectivity index is 1.83. The SMILES string of the molecule is CC(C)CNC(=O)CSc1nnc(Cc2ccccc2)n1-c1ccc(Cl)cc1. The number of benzene rings is 2. The molecule has 0 fully saturated rings. The molecule has 5 nitrogen and oxygen atoms in total. The molecule has 0 aliphatic carbocycles. The van der Waals surface area contributed by atoms with Gasteiger partial charge in [0.1, 0.15) is 5.82 Å². The molecule has 0 bridgehead atoms. The highest BCUT2D eigenvalue weighted by atomic mass is 35.5. The first-order valence-corrected chi connectivity index (χ1v) is 10.5. The number of hydrogen-bond donors (Lipinski definition) is 1. The van der Waals surface area contributed by atoms with Gasteiger partial charge < -0.3 is 5.32 Å². The van der Waals surface area contributed by atoms with Crippen molar-refractivity contribution < 1.29 is 4.79 Å². The molecule has 0 saturated heterocycles. The Morgan fingerprint density at radius 3 is 2.50 bits per heavy atom. The predicted molar refractivity (Wildman–Crippen MR) is 114 cm³/mol. The Bertz CT molecular complexity index is 910. The van der Waals surface area contributed by atoms with E-state index in [1.807, 2.05) is 47.0 Å². The van der Waals surface area contributed by atoms with Gasteiger partial charge in [0.2, 0.25) is 5.91 Å². The summed E-state index contributed by atoms with van der Waals surface area (Å²) in [4.78, 5) is 12.1. The second kappa shape index (κ2) is 9.75. The van der Waals surface area contributed by atoms with E-state index in [-0.39, 0.29) is 5.91 Å². The minimum Gasteiger partial charge on any atom is -0.355 e. The van der Waals surface area contributed by atoms with Crippen molar-refractivity contribution in [2.75, 3.05) is 12.3 Å². The monoisotopic (exact) mass is 414 g/mol. The first-order valence-electron chi connectivity index (χ1n) is 9.16. The van der Waals surface area contributed by atoms with E-state index in [9.17, 15) is 4.79 Å². The van der Waals surface area contributed by atoms with Crippen molar-refractivity contribution in [3.05, 3.63) is 71.0 Å². The Morgan fingerprint density at radius 2 is 1.82 bits per heavy atom. The number of halogens is 1. The Morgan fingerprint density at radius 1 is 1.11 bits per heavy atom. The molecule has 146 valence electrons. The highest BCUT2D eigenvalue weighted by Gasteiger charge is 2.16. The summed E-state index contributed by atoms with van der Waals surface area (Å²) in [6.07, 6.45) is 0.649. The molecule has 28 heavy (non-hydrogen) atoms. The van der Waals surface area contributed by atoms with Crippen LogP contribution in [0.5, 0.6) is 0 Å². The molecule has 3 rings (SSSR count). The summed E-state index contributed by atoms with van der Waals surface area (Å²) >= 11 is 7.43. The average Bonchev–Trinajstić information content (AvgIpc) is 3.08. The summed E-state index contributed by atoms with van der Waals surface area (Å²) in [6, 6.07) is 17.7. The van der Waals surface area contributed by atoms with E-state index in [0.717, 1.165) is 17.1 Å². The second-order valence-corrected chi connectivity index (χ2v) is 8.24. The Hall–Kier alpha value is -2.31. The van der Waals surface area contributed by atoms with Crippen LogP contribution in [-0.2, 0) is 11.2 Å². The molecule has 0 saturated carbocycles. The molecule has 1 N–H and O–H groups in total. The zero-order chi connectivity index (χ0) is 19.9. The van der Waals surface area contributed by atoms with Crippen LogP contribution < -0.4 is 5.32 Å². The average molecular weight is 415 g/mol. The maximum absolute atomic E-state index is 12.1. The molecule has 2 aromatic carbocycles. The van der Waals surface area contributed by atoms with E-state index in [1.54, 1.807) is 0 Å². The Labute approximate surface area is 174 Å². The lowest BCUT2D eigenvalue weighted by atomic mass is 10.1. The van der Waals surface area contributed by atoms with Crippen LogP contribution in [0.1, 0.15) is 25.2 Å². The summed E-state index contributed by atoms with van der Waals surface area (Å²) in [5.74, 6) is 1.53. The van der Waals surface area contributed by atoms with Crippen molar-refractivity contribution in [1.82, 2.24) is 20.1 Å². The van der Waals surface area contributed by atoms with Crippen molar-refractivity contribution >= 4 is 29.3 Å². The second-order valence-electron chi connectivity index (χ2n) is 6.86. The van der Waals surface area contributed by atoms with E-state index in [0.29, 0.717) is 34.8 Å². The number of amides is 1. The van der Waals surface area contributed by atoms with Gasteiger partial charge in [0.25, 0.3) is 0 Å². The predicted octanol–water partition coefficient (Wildman–Crippen LogP) is 4.38. The highest BCUT2D eigenvalue weighted by Crippen LogP contribution is 2.24. The molecular formula is C21H23ClN4OS. The molecule has 1 heterocycles. The van der Waals surface area contributed by atoms with Crippen LogP contribution in [-0.4, -0.2) is 33.0 Å². The summed E-state index contributed by atoms with van der Waals surface area (Å²) < 4.78 is 1.99. The molecule has 0 unspecified atom stereocenters. The first-order chi connectivity index (χ1) is 13.5. The minimum atomic E-state index is -0.00559. The van der Waals surface area contributed by atoms with E-state index in [2.05, 4.69) is 41.5 Å². The van der Waals surface area contributed by atoms with Gasteiger partial charge in [-0.05, 0) is 35.7 Å². The van der Waals surface area contributed by atoms with Crippen LogP contribution in [0, 0.1) is 5.92 Å². The van der Waals surface area contributed by atoms with Crippen molar-refractivity contribution in [2.45, 2.75) is 25.4 Å². The molecule has 7 heteroatoms. The third-order valence-electron chi connectivity index (χ3n) is 4.03. The number of nitrogens with one attached hydrogen (secondary N) is 1. The molecule has 0 radical (unpaired) electrons. The maximum atomic E-state index is 12.1. The van der Waals surface area contributed by atoms with Crippen LogP contribution in [0.25, 0.3) is 5.69 Å². The van der Waals surface area contributed by atoms with E-state index < -0.39 is 0 Å². The lowest BCUT2D eigenvalue weighted by Gasteiger charge is -2.11. The topological polar surface area (TPSA) is 59.8 Å². The van der Waals surface area contributed by atoms with Crippen LogP contribution >= 0.6 is 23.4 Å². The standard InChI is InChI=1S/C21H23ClN4OS/c1-15(2)13-23-20(27)14-28-21-25-24-19(12-16-6-4-3-5-7-16)26(21)18-10-8-17(22)9-11-18/h3-11,15H,12-14H2,1-2H3,(H,23,27). The lowest BCUT2D eigenvalue weighted by molar-refractivity contribution is -0.118. The number of nitrogens with zero attached hydrogens (tertiary/aromatic N) is 3. The third kappa shape index (κ3) is 5.59. The van der Waals surface area contributed by atoms with Gasteiger partial charge >= 0.3 is 0 Å². The fraction of sp³-hybridized carbons (Fsp3) is 0.286. The normalized spacial score (nSPS) is 11.0. The summed E-state index contributed by atoms with van der Waals surface area (Å²) in [6.45, 7) is 4.81. The van der Waals surface area contributed by atoms with Gasteiger partial charge in [0.15, 0.2) is 5.16 Å². The van der Waals surface area contributed by atoms with Crippen molar-refractivity contribution in [1.29, 1.82) is 0 Å². The molecule has 0 aliphatic rings. The number of thioether (sulfide) groups is 1. The summed E-state index contributed by atoms with van der Waals surface area (Å²) in [7, 11) is 0. The molecule has 3 aromatic rings. The molecule has 0 aliphatic heterocycles. The Kier molecular flexibility index (Phi) is 7.12. The van der Waals surface area contributed by atoms with Gasteiger partial charge in [-0.3, -0.25) is 9.36 Å². The molecule has 0 spiro atoms. The molecule has 1 amide bonds. The van der Waals surface area contributed by atoms with Gasteiger partial charge in [-0.2, -0.15) is 0 Å². The lowest BCUT2D eigenvalue weighted by Crippen LogP contribution is -2.28. The molecule has 1 aromatic heterocycles. The third-order valence-corrected chi connectivity index (χ3v) is 5.21. The minimum absolute atomic E-state index is 0.00559. The fourth-order valence-corrected chi connectivity index (χ4v) is 3.56. The first kappa shape index (κ1) is 20.4. The summed E-state index contributed by atoms with van der Waals surface area (Å²) in [5, 5.41) is 13.0. The number of aromatic nitrogens is 3. The van der Waals surface area contributed by atoms with E-state index in [1.165, 1.54) is 11.8 Å². The van der Waals surface area contributed by atoms with Crippen LogP contribution in [0.2, 0.25) is 5.02 Å². The van der Waals surface area contributed by atoms with Gasteiger partial charge in [0, 0.05) is 23.7 Å². The number of carbonyl (C=O) groups excluding carboxylic acids is 1. The number of hydrogen-bond acceptors (Lipinski definition) is 4. The quantitative estimate of drug-likeness (QED) is 0.556. The van der Waals surface area contributed by atoms with Crippen LogP contribution in [0.15, 0.2) is 59.8 Å². The summed E-state index contributed by atoms with van der Waals surface area (Å²) in [5.41, 5.74) is 2.07. The van der Waals surface area contributed by atoms with Crippen LogP contribution in [0.4, 0.5) is 0 Å². The van der Waals surface area contributed by atoms with Crippen LogP contribution in [0.3, 0.4) is 0 Å². The van der Waals surface area contributed by atoms with Gasteiger partial charge in [-0.25, -0.2) is 0 Å². The highest BCUT2D eigenvalue weighted by molar-refractivity contribution is 7.99. The maximum Gasteiger partial charge on any atom is 0.230 e. The van der Waals surface area contributed by atoms with Crippen molar-refractivity contribution in [3.63, 3.8) is 0 Å². The number of rotatable bonds is 8.